The van der Waals surface area contributed by atoms with E-state index in [-0.39, 0.29) is 12.6 Å². The van der Waals surface area contributed by atoms with Gasteiger partial charge in [0.15, 0.2) is 11.5 Å². The number of benzene rings is 3. The lowest BCUT2D eigenvalue weighted by atomic mass is 10.1. The number of rotatable bonds is 8. The maximum atomic E-state index is 6.49. The molecule has 0 fully saturated rings. The summed E-state index contributed by atoms with van der Waals surface area (Å²) in [7, 11) is 1.59. The predicted octanol–water partition coefficient (Wildman–Crippen LogP) is 7.09. The van der Waals surface area contributed by atoms with Crippen LogP contribution in [0.4, 0.5) is 0 Å². The normalized spacial score (nSPS) is 11.9. The Labute approximate surface area is 186 Å². The van der Waals surface area contributed by atoms with Crippen LogP contribution in [0.2, 0.25) is 15.1 Å². The molecule has 1 N–H and O–H groups in total. The minimum absolute atomic E-state index is 0.192. The lowest BCUT2D eigenvalue weighted by Crippen LogP contribution is -2.18. The molecule has 3 rings (SSSR count). The van der Waals surface area contributed by atoms with Gasteiger partial charge >= 0.3 is 0 Å². The molecule has 1 unspecified atom stereocenters. The lowest BCUT2D eigenvalue weighted by molar-refractivity contribution is 0.284. The third-order valence-electron chi connectivity index (χ3n) is 4.62. The van der Waals surface area contributed by atoms with E-state index in [1.165, 1.54) is 5.56 Å². The SMILES string of the molecule is COc1cc(CNC(C)c2ccccc2)cc(Cl)c1OCc1c(Cl)cccc1Cl. The maximum Gasteiger partial charge on any atom is 0.180 e. The second-order valence-electron chi connectivity index (χ2n) is 6.61. The summed E-state index contributed by atoms with van der Waals surface area (Å²) < 4.78 is 11.4. The highest BCUT2D eigenvalue weighted by molar-refractivity contribution is 6.36. The van der Waals surface area contributed by atoms with Crippen LogP contribution >= 0.6 is 34.8 Å². The van der Waals surface area contributed by atoms with E-state index in [0.29, 0.717) is 38.7 Å². The van der Waals surface area contributed by atoms with Crippen molar-refractivity contribution in [2.45, 2.75) is 26.1 Å². The first-order valence-electron chi connectivity index (χ1n) is 9.20. The molecule has 0 radical (unpaired) electrons. The summed E-state index contributed by atoms with van der Waals surface area (Å²) in [5, 5.41) is 5.05. The first kappa shape index (κ1) is 21.8. The second kappa shape index (κ2) is 10.2. The third-order valence-corrected chi connectivity index (χ3v) is 5.61. The highest BCUT2D eigenvalue weighted by Crippen LogP contribution is 2.38. The van der Waals surface area contributed by atoms with E-state index in [9.17, 15) is 0 Å². The van der Waals surface area contributed by atoms with Crippen molar-refractivity contribution in [2.24, 2.45) is 0 Å². The third kappa shape index (κ3) is 5.58. The van der Waals surface area contributed by atoms with Crippen LogP contribution in [-0.2, 0) is 13.2 Å². The fourth-order valence-electron chi connectivity index (χ4n) is 2.96. The van der Waals surface area contributed by atoms with Crippen LogP contribution in [0.25, 0.3) is 0 Å². The van der Waals surface area contributed by atoms with Gasteiger partial charge in [-0.05, 0) is 42.3 Å². The predicted molar refractivity (Wildman–Crippen MR) is 120 cm³/mol. The zero-order valence-corrected chi connectivity index (χ0v) is 18.5. The van der Waals surface area contributed by atoms with Gasteiger partial charge in [0.2, 0.25) is 0 Å². The molecule has 3 aromatic rings. The van der Waals surface area contributed by atoms with Crippen LogP contribution in [0.1, 0.15) is 29.7 Å². The first-order chi connectivity index (χ1) is 14.0. The zero-order chi connectivity index (χ0) is 20.8. The molecule has 0 aliphatic rings. The van der Waals surface area contributed by atoms with Crippen molar-refractivity contribution in [1.29, 1.82) is 0 Å². The highest BCUT2D eigenvalue weighted by Gasteiger charge is 2.15. The standard InChI is InChI=1S/C23H22Cl3NO2/c1-15(17-7-4-3-5-8-17)27-13-16-11-21(26)23(22(12-16)28-2)29-14-18-19(24)9-6-10-20(18)25/h3-12,15,27H,13-14H2,1-2H3. The lowest BCUT2D eigenvalue weighted by Gasteiger charge is -2.17. The Morgan fingerprint density at radius 1 is 0.897 bits per heavy atom. The van der Waals surface area contributed by atoms with Crippen LogP contribution in [0.5, 0.6) is 11.5 Å². The van der Waals surface area contributed by atoms with E-state index >= 15 is 0 Å². The average molecular weight is 451 g/mol. The minimum Gasteiger partial charge on any atom is -0.493 e. The van der Waals surface area contributed by atoms with Gasteiger partial charge < -0.3 is 14.8 Å². The van der Waals surface area contributed by atoms with Crippen molar-refractivity contribution >= 4 is 34.8 Å². The van der Waals surface area contributed by atoms with Crippen LogP contribution in [0.15, 0.2) is 60.7 Å². The monoisotopic (exact) mass is 449 g/mol. The van der Waals surface area contributed by atoms with E-state index in [1.807, 2.05) is 30.3 Å². The summed E-state index contributed by atoms with van der Waals surface area (Å²) in [6.45, 7) is 2.96. The maximum absolute atomic E-state index is 6.49. The Balaban J connectivity index is 1.72. The molecule has 152 valence electrons. The van der Waals surface area contributed by atoms with Crippen molar-refractivity contribution in [1.82, 2.24) is 5.32 Å². The molecular formula is C23H22Cl3NO2. The van der Waals surface area contributed by atoms with Crippen molar-refractivity contribution in [3.8, 4) is 11.5 Å². The van der Waals surface area contributed by atoms with E-state index in [1.54, 1.807) is 25.3 Å². The fraction of sp³-hybridized carbons (Fsp3) is 0.217. The molecule has 3 aromatic carbocycles. The molecule has 0 heterocycles. The van der Waals surface area contributed by atoms with Gasteiger partial charge in [0, 0.05) is 28.2 Å². The second-order valence-corrected chi connectivity index (χ2v) is 7.83. The Bertz CT molecular complexity index is 944. The molecule has 0 aromatic heterocycles. The van der Waals surface area contributed by atoms with Crippen molar-refractivity contribution in [3.05, 3.63) is 92.4 Å². The molecule has 0 saturated heterocycles. The van der Waals surface area contributed by atoms with Gasteiger partial charge in [0.25, 0.3) is 0 Å². The number of methoxy groups -OCH3 is 1. The smallest absolute Gasteiger partial charge is 0.180 e. The summed E-state index contributed by atoms with van der Waals surface area (Å²) in [6, 6.07) is 19.6. The van der Waals surface area contributed by atoms with Crippen molar-refractivity contribution in [2.75, 3.05) is 7.11 Å². The average Bonchev–Trinajstić information content (AvgIpc) is 2.73. The van der Waals surface area contributed by atoms with E-state index < -0.39 is 0 Å². The Morgan fingerprint density at radius 3 is 2.24 bits per heavy atom. The molecular weight excluding hydrogens is 429 g/mol. The Morgan fingerprint density at radius 2 is 1.59 bits per heavy atom. The van der Waals surface area contributed by atoms with E-state index in [2.05, 4.69) is 24.4 Å². The molecule has 0 aliphatic carbocycles. The molecule has 1 atom stereocenters. The molecule has 0 amide bonds. The summed E-state index contributed by atoms with van der Waals surface area (Å²) in [6.07, 6.45) is 0. The Kier molecular flexibility index (Phi) is 7.68. The number of ether oxygens (including phenoxy) is 2. The van der Waals surface area contributed by atoms with Gasteiger partial charge in [0.1, 0.15) is 6.61 Å². The largest absolute Gasteiger partial charge is 0.493 e. The summed E-state index contributed by atoms with van der Waals surface area (Å²) in [5.74, 6) is 1.02. The van der Waals surface area contributed by atoms with Gasteiger partial charge in [-0.3, -0.25) is 0 Å². The number of hydrogen-bond acceptors (Lipinski definition) is 3. The fourth-order valence-corrected chi connectivity index (χ4v) is 3.75. The minimum atomic E-state index is 0.192. The van der Waals surface area contributed by atoms with Crippen LogP contribution in [0, 0.1) is 0 Å². The summed E-state index contributed by atoms with van der Waals surface area (Å²) >= 11 is 18.9. The molecule has 0 bridgehead atoms. The highest BCUT2D eigenvalue weighted by atomic mass is 35.5. The first-order valence-corrected chi connectivity index (χ1v) is 10.3. The van der Waals surface area contributed by atoms with Gasteiger partial charge in [-0.25, -0.2) is 0 Å². The summed E-state index contributed by atoms with van der Waals surface area (Å²) in [5.41, 5.74) is 2.93. The van der Waals surface area contributed by atoms with Crippen LogP contribution in [-0.4, -0.2) is 7.11 Å². The molecule has 0 saturated carbocycles. The quantitative estimate of drug-likeness (QED) is 0.397. The van der Waals surface area contributed by atoms with Crippen molar-refractivity contribution < 1.29 is 9.47 Å². The van der Waals surface area contributed by atoms with Crippen LogP contribution in [0.3, 0.4) is 0 Å². The summed E-state index contributed by atoms with van der Waals surface area (Å²) in [4.78, 5) is 0. The van der Waals surface area contributed by atoms with Gasteiger partial charge in [-0.2, -0.15) is 0 Å². The number of halogens is 3. The van der Waals surface area contributed by atoms with Crippen LogP contribution < -0.4 is 14.8 Å². The Hall–Kier alpha value is -1.91. The van der Waals surface area contributed by atoms with Gasteiger partial charge in [-0.1, -0.05) is 71.2 Å². The van der Waals surface area contributed by atoms with E-state index in [0.717, 1.165) is 5.56 Å². The molecule has 29 heavy (non-hydrogen) atoms. The topological polar surface area (TPSA) is 30.5 Å². The number of hydrogen-bond donors (Lipinski definition) is 1. The molecule has 3 nitrogen and oxygen atoms in total. The molecule has 0 spiro atoms. The molecule has 6 heteroatoms. The van der Waals surface area contributed by atoms with Crippen molar-refractivity contribution in [3.63, 3.8) is 0 Å². The van der Waals surface area contributed by atoms with Gasteiger partial charge in [-0.15, -0.1) is 0 Å². The van der Waals surface area contributed by atoms with E-state index in [4.69, 9.17) is 44.3 Å². The van der Waals surface area contributed by atoms with Gasteiger partial charge in [0.05, 0.1) is 12.1 Å². The molecule has 0 aliphatic heterocycles. The zero-order valence-electron chi connectivity index (χ0n) is 16.2. The number of nitrogens with one attached hydrogen (secondary N) is 1.